The summed E-state index contributed by atoms with van der Waals surface area (Å²) in [5.74, 6) is 1.12. The molecule has 3 heteroatoms. The lowest BCUT2D eigenvalue weighted by molar-refractivity contribution is -0.128. The Bertz CT molecular complexity index is 346. The highest BCUT2D eigenvalue weighted by molar-refractivity contribution is 5.75. The van der Waals surface area contributed by atoms with Gasteiger partial charge in [0.25, 0.3) is 0 Å². The first-order chi connectivity index (χ1) is 8.77. The molecule has 2 aliphatic carbocycles. The smallest absolute Gasteiger partial charge is 0.222 e. The zero-order valence-electron chi connectivity index (χ0n) is 13.3. The molecule has 0 heterocycles. The summed E-state index contributed by atoms with van der Waals surface area (Å²) in [6.07, 6.45) is 5.77. The van der Waals surface area contributed by atoms with Crippen LogP contribution in [-0.4, -0.2) is 37.5 Å². The van der Waals surface area contributed by atoms with Gasteiger partial charge in [-0.2, -0.15) is 0 Å². The summed E-state index contributed by atoms with van der Waals surface area (Å²) in [6.45, 7) is 8.26. The number of fused-ring (bicyclic) bond motifs is 2. The van der Waals surface area contributed by atoms with Gasteiger partial charge in [0.1, 0.15) is 0 Å². The molecule has 2 bridgehead atoms. The highest BCUT2D eigenvalue weighted by Crippen LogP contribution is 2.62. The SMILES string of the molecule is CN(C)C(=O)CCCNC1C2(C)CCC(C2)C1(C)C. The molecule has 2 fully saturated rings. The van der Waals surface area contributed by atoms with Crippen molar-refractivity contribution < 1.29 is 4.79 Å². The molecule has 2 rings (SSSR count). The van der Waals surface area contributed by atoms with E-state index in [1.807, 2.05) is 14.1 Å². The van der Waals surface area contributed by atoms with Crippen LogP contribution in [0.4, 0.5) is 0 Å². The molecular weight excluding hydrogens is 236 g/mol. The van der Waals surface area contributed by atoms with Crippen LogP contribution in [0.15, 0.2) is 0 Å². The Balaban J connectivity index is 1.81. The molecule has 0 aromatic heterocycles. The van der Waals surface area contributed by atoms with Crippen LogP contribution in [0.1, 0.15) is 52.9 Å². The van der Waals surface area contributed by atoms with Crippen LogP contribution in [0.3, 0.4) is 0 Å². The lowest BCUT2D eigenvalue weighted by atomic mass is 9.68. The van der Waals surface area contributed by atoms with Crippen LogP contribution < -0.4 is 5.32 Å². The summed E-state index contributed by atoms with van der Waals surface area (Å²) in [6, 6.07) is 0.619. The van der Waals surface area contributed by atoms with Crippen LogP contribution in [0, 0.1) is 16.7 Å². The quantitative estimate of drug-likeness (QED) is 0.776. The van der Waals surface area contributed by atoms with Crippen molar-refractivity contribution in [3.05, 3.63) is 0 Å². The van der Waals surface area contributed by atoms with E-state index in [0.29, 0.717) is 23.3 Å². The predicted molar refractivity (Wildman–Crippen MR) is 78.9 cm³/mol. The van der Waals surface area contributed by atoms with Gasteiger partial charge in [-0.15, -0.1) is 0 Å². The number of nitrogens with zero attached hydrogens (tertiary/aromatic N) is 1. The standard InChI is InChI=1S/C16H30N2O/c1-15(2)12-8-9-16(3,11-12)14(15)17-10-6-7-13(19)18(4)5/h12,14,17H,6-11H2,1-5H3. The van der Waals surface area contributed by atoms with Gasteiger partial charge in [-0.3, -0.25) is 4.79 Å². The second kappa shape index (κ2) is 5.08. The Labute approximate surface area is 118 Å². The van der Waals surface area contributed by atoms with E-state index < -0.39 is 0 Å². The van der Waals surface area contributed by atoms with Crippen molar-refractivity contribution in [2.45, 2.75) is 58.9 Å². The summed E-state index contributed by atoms with van der Waals surface area (Å²) >= 11 is 0. The summed E-state index contributed by atoms with van der Waals surface area (Å²) < 4.78 is 0. The second-order valence-corrected chi connectivity index (χ2v) is 7.69. The minimum atomic E-state index is 0.236. The van der Waals surface area contributed by atoms with Gasteiger partial charge in [0, 0.05) is 26.6 Å². The first-order valence-electron chi connectivity index (χ1n) is 7.71. The van der Waals surface area contributed by atoms with Crippen molar-refractivity contribution >= 4 is 5.91 Å². The van der Waals surface area contributed by atoms with Gasteiger partial charge < -0.3 is 10.2 Å². The minimum absolute atomic E-state index is 0.236. The van der Waals surface area contributed by atoms with Crippen LogP contribution in [0.2, 0.25) is 0 Å². The fraction of sp³-hybridized carbons (Fsp3) is 0.938. The molecule has 1 N–H and O–H groups in total. The molecule has 110 valence electrons. The number of hydrogen-bond donors (Lipinski definition) is 1. The zero-order valence-corrected chi connectivity index (χ0v) is 13.3. The molecule has 19 heavy (non-hydrogen) atoms. The van der Waals surface area contributed by atoms with Gasteiger partial charge >= 0.3 is 0 Å². The Hall–Kier alpha value is -0.570. The molecule has 0 radical (unpaired) electrons. The molecule has 0 saturated heterocycles. The first kappa shape index (κ1) is 14.8. The number of rotatable bonds is 5. The number of hydrogen-bond acceptors (Lipinski definition) is 2. The molecule has 0 aromatic rings. The first-order valence-corrected chi connectivity index (χ1v) is 7.71. The number of carbonyl (C=O) groups excluding carboxylic acids is 1. The van der Waals surface area contributed by atoms with Gasteiger partial charge in [0.2, 0.25) is 5.91 Å². The Morgan fingerprint density at radius 2 is 2.00 bits per heavy atom. The van der Waals surface area contributed by atoms with Crippen molar-refractivity contribution in [2.24, 2.45) is 16.7 Å². The topological polar surface area (TPSA) is 32.3 Å². The summed E-state index contributed by atoms with van der Waals surface area (Å²) in [5, 5.41) is 3.77. The van der Waals surface area contributed by atoms with Crippen molar-refractivity contribution in [2.75, 3.05) is 20.6 Å². The molecular formula is C16H30N2O. The molecule has 3 nitrogen and oxygen atoms in total. The third-order valence-corrected chi connectivity index (χ3v) is 5.68. The zero-order chi connectivity index (χ0) is 14.3. The van der Waals surface area contributed by atoms with Crippen LogP contribution in [0.25, 0.3) is 0 Å². The molecule has 0 aromatic carbocycles. The monoisotopic (exact) mass is 266 g/mol. The van der Waals surface area contributed by atoms with Crippen molar-refractivity contribution in [1.29, 1.82) is 0 Å². The van der Waals surface area contributed by atoms with E-state index in [9.17, 15) is 4.79 Å². The summed E-state index contributed by atoms with van der Waals surface area (Å²) in [7, 11) is 3.66. The van der Waals surface area contributed by atoms with E-state index in [0.717, 1.165) is 18.9 Å². The predicted octanol–water partition coefficient (Wildman–Crippen LogP) is 2.66. The molecule has 3 atom stereocenters. The van der Waals surface area contributed by atoms with E-state index in [4.69, 9.17) is 0 Å². The lowest BCUT2D eigenvalue weighted by Gasteiger charge is -2.43. The van der Waals surface area contributed by atoms with Gasteiger partial charge in [0.05, 0.1) is 0 Å². The van der Waals surface area contributed by atoms with E-state index in [1.165, 1.54) is 19.3 Å². The van der Waals surface area contributed by atoms with E-state index in [2.05, 4.69) is 26.1 Å². The number of amides is 1. The van der Waals surface area contributed by atoms with E-state index >= 15 is 0 Å². The van der Waals surface area contributed by atoms with E-state index in [-0.39, 0.29) is 5.91 Å². The lowest BCUT2D eigenvalue weighted by Crippen LogP contribution is -2.50. The fourth-order valence-electron chi connectivity index (χ4n) is 4.52. The molecule has 2 saturated carbocycles. The van der Waals surface area contributed by atoms with Crippen LogP contribution in [-0.2, 0) is 4.79 Å². The Morgan fingerprint density at radius 3 is 2.53 bits per heavy atom. The normalized spacial score (nSPS) is 35.6. The van der Waals surface area contributed by atoms with Crippen molar-refractivity contribution in [3.63, 3.8) is 0 Å². The number of nitrogens with one attached hydrogen (secondary N) is 1. The summed E-state index contributed by atoms with van der Waals surface area (Å²) in [5.41, 5.74) is 0.901. The number of carbonyl (C=O) groups is 1. The Morgan fingerprint density at radius 1 is 1.32 bits per heavy atom. The van der Waals surface area contributed by atoms with Gasteiger partial charge in [-0.25, -0.2) is 0 Å². The van der Waals surface area contributed by atoms with Gasteiger partial charge in [-0.05, 0) is 49.0 Å². The maximum atomic E-state index is 11.6. The molecule has 3 unspecified atom stereocenters. The third kappa shape index (κ3) is 2.67. The second-order valence-electron chi connectivity index (χ2n) is 7.69. The average molecular weight is 266 g/mol. The summed E-state index contributed by atoms with van der Waals surface area (Å²) in [4.78, 5) is 13.2. The fourth-order valence-corrected chi connectivity index (χ4v) is 4.52. The Kier molecular flexibility index (Phi) is 3.97. The minimum Gasteiger partial charge on any atom is -0.349 e. The maximum absolute atomic E-state index is 11.6. The van der Waals surface area contributed by atoms with Crippen LogP contribution >= 0.6 is 0 Å². The largest absolute Gasteiger partial charge is 0.349 e. The van der Waals surface area contributed by atoms with Crippen molar-refractivity contribution in [1.82, 2.24) is 10.2 Å². The molecule has 0 aliphatic heterocycles. The van der Waals surface area contributed by atoms with E-state index in [1.54, 1.807) is 4.90 Å². The van der Waals surface area contributed by atoms with Crippen LogP contribution in [0.5, 0.6) is 0 Å². The highest BCUT2D eigenvalue weighted by atomic mass is 16.2. The van der Waals surface area contributed by atoms with Gasteiger partial charge in [0.15, 0.2) is 0 Å². The van der Waals surface area contributed by atoms with Crippen molar-refractivity contribution in [3.8, 4) is 0 Å². The maximum Gasteiger partial charge on any atom is 0.222 e. The molecule has 1 amide bonds. The average Bonchev–Trinajstić information content (AvgIpc) is 2.78. The molecule has 0 spiro atoms. The highest BCUT2D eigenvalue weighted by Gasteiger charge is 2.58. The molecule has 2 aliphatic rings. The van der Waals surface area contributed by atoms with Gasteiger partial charge in [-0.1, -0.05) is 20.8 Å². The third-order valence-electron chi connectivity index (χ3n) is 5.68.